The quantitative estimate of drug-likeness (QED) is 0.730. The highest BCUT2D eigenvalue weighted by molar-refractivity contribution is 5.22. The van der Waals surface area contributed by atoms with Crippen LogP contribution in [-0.4, -0.2) is 23.3 Å². The van der Waals surface area contributed by atoms with Crippen molar-refractivity contribution in [3.05, 3.63) is 24.0 Å². The molecule has 0 spiro atoms. The summed E-state index contributed by atoms with van der Waals surface area (Å²) in [4.78, 5) is 4.09. The first-order valence-electron chi connectivity index (χ1n) is 3.89. The summed E-state index contributed by atoms with van der Waals surface area (Å²) >= 11 is 0. The van der Waals surface area contributed by atoms with Crippen LogP contribution < -0.4 is 4.74 Å². The molecule has 0 amide bonds. The molecule has 0 aliphatic rings. The minimum Gasteiger partial charge on any atom is -0.497 e. The van der Waals surface area contributed by atoms with Crippen LogP contribution in [0.15, 0.2) is 18.3 Å². The van der Waals surface area contributed by atoms with Crippen molar-refractivity contribution in [2.75, 3.05) is 7.11 Å². The van der Waals surface area contributed by atoms with Crippen molar-refractivity contribution in [3.8, 4) is 5.75 Å². The smallest absolute Gasteiger partial charge is 0.122 e. The van der Waals surface area contributed by atoms with Gasteiger partial charge in [-0.25, -0.2) is 0 Å². The molecule has 0 saturated heterocycles. The molecule has 0 aromatic carbocycles. The van der Waals surface area contributed by atoms with Crippen LogP contribution in [0.1, 0.15) is 12.6 Å². The van der Waals surface area contributed by atoms with Gasteiger partial charge in [0.05, 0.1) is 13.2 Å². The number of aliphatic hydroxyl groups is 1. The van der Waals surface area contributed by atoms with Crippen molar-refractivity contribution in [2.24, 2.45) is 0 Å². The van der Waals surface area contributed by atoms with Gasteiger partial charge in [-0.15, -0.1) is 0 Å². The molecule has 0 radical (unpaired) electrons. The fourth-order valence-corrected chi connectivity index (χ4v) is 0.997. The molecule has 1 rings (SSSR count). The molecule has 3 heteroatoms. The Morgan fingerprint density at radius 3 is 3.00 bits per heavy atom. The SMILES string of the molecule is COc1ccnc(CC(C)O)c1. The summed E-state index contributed by atoms with van der Waals surface area (Å²) in [6, 6.07) is 3.61. The van der Waals surface area contributed by atoms with E-state index in [0.717, 1.165) is 11.4 Å². The Morgan fingerprint density at radius 1 is 1.67 bits per heavy atom. The van der Waals surface area contributed by atoms with Crippen LogP contribution >= 0.6 is 0 Å². The predicted octanol–water partition coefficient (Wildman–Crippen LogP) is 1.01. The lowest BCUT2D eigenvalue weighted by molar-refractivity contribution is 0.194. The average Bonchev–Trinajstić information content (AvgIpc) is 2.03. The third kappa shape index (κ3) is 2.51. The molecule has 12 heavy (non-hydrogen) atoms. The Hall–Kier alpha value is -1.09. The summed E-state index contributed by atoms with van der Waals surface area (Å²) in [7, 11) is 1.61. The average molecular weight is 167 g/mol. The van der Waals surface area contributed by atoms with Gasteiger partial charge in [-0.1, -0.05) is 0 Å². The number of aromatic nitrogens is 1. The van der Waals surface area contributed by atoms with E-state index < -0.39 is 0 Å². The van der Waals surface area contributed by atoms with Crippen molar-refractivity contribution in [1.82, 2.24) is 4.98 Å². The topological polar surface area (TPSA) is 42.4 Å². The summed E-state index contributed by atoms with van der Waals surface area (Å²) in [5, 5.41) is 9.09. The summed E-state index contributed by atoms with van der Waals surface area (Å²) < 4.78 is 5.01. The molecule has 1 N–H and O–H groups in total. The summed E-state index contributed by atoms with van der Waals surface area (Å²) in [6.45, 7) is 1.74. The van der Waals surface area contributed by atoms with E-state index in [0.29, 0.717) is 6.42 Å². The highest BCUT2D eigenvalue weighted by atomic mass is 16.5. The van der Waals surface area contributed by atoms with Crippen LogP contribution in [0, 0.1) is 0 Å². The van der Waals surface area contributed by atoms with Crippen LogP contribution in [-0.2, 0) is 6.42 Å². The van der Waals surface area contributed by atoms with Crippen molar-refractivity contribution in [3.63, 3.8) is 0 Å². The zero-order valence-corrected chi connectivity index (χ0v) is 7.32. The number of hydrogen-bond acceptors (Lipinski definition) is 3. The monoisotopic (exact) mass is 167 g/mol. The standard InChI is InChI=1S/C9H13NO2/c1-7(11)5-8-6-9(12-2)3-4-10-8/h3-4,6-7,11H,5H2,1-2H3. The molecule has 0 aliphatic carbocycles. The van der Waals surface area contributed by atoms with Gasteiger partial charge in [-0.2, -0.15) is 0 Å². The summed E-state index contributed by atoms with van der Waals surface area (Å²) in [5.74, 6) is 0.778. The van der Waals surface area contributed by atoms with Gasteiger partial charge in [0.1, 0.15) is 5.75 Å². The molecule has 1 aromatic rings. The second kappa shape index (κ2) is 4.07. The third-order valence-corrected chi connectivity index (χ3v) is 1.53. The van der Waals surface area contributed by atoms with Gasteiger partial charge in [0.15, 0.2) is 0 Å². The Kier molecular flexibility index (Phi) is 3.05. The van der Waals surface area contributed by atoms with Crippen molar-refractivity contribution in [1.29, 1.82) is 0 Å². The van der Waals surface area contributed by atoms with E-state index >= 15 is 0 Å². The van der Waals surface area contributed by atoms with E-state index in [4.69, 9.17) is 9.84 Å². The fraction of sp³-hybridized carbons (Fsp3) is 0.444. The highest BCUT2D eigenvalue weighted by Crippen LogP contribution is 2.10. The van der Waals surface area contributed by atoms with Crippen LogP contribution in [0.4, 0.5) is 0 Å². The molecular formula is C9H13NO2. The zero-order valence-electron chi connectivity index (χ0n) is 7.32. The van der Waals surface area contributed by atoms with E-state index in [1.165, 1.54) is 0 Å². The number of rotatable bonds is 3. The van der Waals surface area contributed by atoms with E-state index in [2.05, 4.69) is 4.98 Å². The Balaban J connectivity index is 2.72. The lowest BCUT2D eigenvalue weighted by Crippen LogP contribution is -2.05. The van der Waals surface area contributed by atoms with Gasteiger partial charge >= 0.3 is 0 Å². The number of pyridine rings is 1. The second-order valence-corrected chi connectivity index (χ2v) is 2.74. The fourth-order valence-electron chi connectivity index (χ4n) is 0.997. The van der Waals surface area contributed by atoms with Gasteiger partial charge in [-0.05, 0) is 13.0 Å². The first-order valence-corrected chi connectivity index (χ1v) is 3.89. The zero-order chi connectivity index (χ0) is 8.97. The number of aliphatic hydroxyl groups excluding tert-OH is 1. The number of hydrogen-bond donors (Lipinski definition) is 1. The van der Waals surface area contributed by atoms with E-state index in [-0.39, 0.29) is 6.10 Å². The summed E-state index contributed by atoms with van der Waals surface area (Å²) in [5.41, 5.74) is 0.851. The molecule has 1 aromatic heterocycles. The van der Waals surface area contributed by atoms with Crippen LogP contribution in [0.5, 0.6) is 5.75 Å². The third-order valence-electron chi connectivity index (χ3n) is 1.53. The number of ether oxygens (including phenoxy) is 1. The molecule has 0 saturated carbocycles. The Morgan fingerprint density at radius 2 is 2.42 bits per heavy atom. The molecule has 66 valence electrons. The maximum absolute atomic E-state index is 9.09. The number of nitrogens with zero attached hydrogens (tertiary/aromatic N) is 1. The minimum atomic E-state index is -0.357. The maximum atomic E-state index is 9.09. The molecule has 1 atom stereocenters. The van der Waals surface area contributed by atoms with Gasteiger partial charge in [0.2, 0.25) is 0 Å². The predicted molar refractivity (Wildman–Crippen MR) is 46.2 cm³/mol. The van der Waals surface area contributed by atoms with E-state index in [1.54, 1.807) is 26.3 Å². The molecule has 1 heterocycles. The van der Waals surface area contributed by atoms with Crippen molar-refractivity contribution in [2.45, 2.75) is 19.4 Å². The first-order chi connectivity index (χ1) is 5.72. The lowest BCUT2D eigenvalue weighted by Gasteiger charge is -2.04. The second-order valence-electron chi connectivity index (χ2n) is 2.74. The molecular weight excluding hydrogens is 154 g/mol. The first kappa shape index (κ1) is 9.00. The van der Waals surface area contributed by atoms with Crippen LogP contribution in [0.2, 0.25) is 0 Å². The highest BCUT2D eigenvalue weighted by Gasteiger charge is 2.00. The van der Waals surface area contributed by atoms with Crippen LogP contribution in [0.3, 0.4) is 0 Å². The molecule has 3 nitrogen and oxygen atoms in total. The molecule has 1 unspecified atom stereocenters. The number of methoxy groups -OCH3 is 1. The van der Waals surface area contributed by atoms with Gasteiger partial charge in [-0.3, -0.25) is 4.98 Å². The minimum absolute atomic E-state index is 0.357. The van der Waals surface area contributed by atoms with Crippen LogP contribution in [0.25, 0.3) is 0 Å². The molecule has 0 fully saturated rings. The maximum Gasteiger partial charge on any atom is 0.122 e. The lowest BCUT2D eigenvalue weighted by atomic mass is 10.2. The summed E-state index contributed by atoms with van der Waals surface area (Å²) in [6.07, 6.45) is 1.89. The molecule has 0 bridgehead atoms. The van der Waals surface area contributed by atoms with E-state index in [9.17, 15) is 0 Å². The van der Waals surface area contributed by atoms with E-state index in [1.807, 2.05) is 6.07 Å². The Bertz CT molecular complexity index is 248. The largest absolute Gasteiger partial charge is 0.497 e. The Labute approximate surface area is 72.0 Å². The van der Waals surface area contributed by atoms with Crippen molar-refractivity contribution >= 4 is 0 Å². The van der Waals surface area contributed by atoms with Gasteiger partial charge < -0.3 is 9.84 Å². The van der Waals surface area contributed by atoms with Gasteiger partial charge in [0.25, 0.3) is 0 Å². The van der Waals surface area contributed by atoms with Gasteiger partial charge in [0, 0.05) is 24.4 Å². The molecule has 0 aliphatic heterocycles. The normalized spacial score (nSPS) is 12.6. The van der Waals surface area contributed by atoms with Crippen molar-refractivity contribution < 1.29 is 9.84 Å².